The van der Waals surface area contributed by atoms with Crippen LogP contribution < -0.4 is 9.47 Å². The third-order valence-electron chi connectivity index (χ3n) is 8.54. The molecule has 2 aromatic carbocycles. The van der Waals surface area contributed by atoms with Crippen LogP contribution in [0.25, 0.3) is 0 Å². The fourth-order valence-electron chi connectivity index (χ4n) is 6.02. The first-order valence-corrected chi connectivity index (χ1v) is 15.1. The van der Waals surface area contributed by atoms with Gasteiger partial charge in [-0.2, -0.15) is 4.39 Å². The SMILES string of the molecule is CCCCOc1ccc(C2CCC(COc3ccc(C4CCC(OCCCC)CC4)c(F)c3F)CC2)c(F)c1. The predicted octanol–water partition coefficient (Wildman–Crippen LogP) is 9.48. The zero-order valence-electron chi connectivity index (χ0n) is 23.7. The number of hydrogen-bond acceptors (Lipinski definition) is 3. The molecule has 0 amide bonds. The molecule has 0 saturated heterocycles. The van der Waals surface area contributed by atoms with E-state index in [1.54, 1.807) is 12.1 Å². The molecule has 0 N–H and O–H groups in total. The fraction of sp³-hybridized carbons (Fsp3) is 0.636. The van der Waals surface area contributed by atoms with E-state index in [1.165, 1.54) is 6.07 Å². The van der Waals surface area contributed by atoms with Crippen molar-refractivity contribution >= 4 is 0 Å². The van der Waals surface area contributed by atoms with Gasteiger partial charge in [-0.3, -0.25) is 0 Å². The maximum absolute atomic E-state index is 15.0. The Labute approximate surface area is 232 Å². The minimum atomic E-state index is -0.883. The first kappa shape index (κ1) is 29.8. The topological polar surface area (TPSA) is 27.7 Å². The third-order valence-corrected chi connectivity index (χ3v) is 8.54. The standard InChI is InChI=1S/C33H45F3O3/c1-3-5-19-37-26-13-11-25(12-14-26)29-17-18-31(33(36)32(29)35)39-22-23-7-9-24(10-8-23)28-16-15-27(21-30(28)34)38-20-6-4-2/h15-18,21,23-26H,3-14,19-20,22H2,1-2H3. The zero-order valence-corrected chi connectivity index (χ0v) is 23.7. The van der Waals surface area contributed by atoms with Crippen molar-refractivity contribution in [2.75, 3.05) is 19.8 Å². The van der Waals surface area contributed by atoms with Crippen LogP contribution in [0.4, 0.5) is 13.2 Å². The molecular weight excluding hydrogens is 501 g/mol. The molecule has 0 atom stereocenters. The number of halogens is 3. The Morgan fingerprint density at radius 2 is 1.33 bits per heavy atom. The Bertz CT molecular complexity index is 1030. The molecular formula is C33H45F3O3. The molecule has 0 aliphatic heterocycles. The molecule has 0 spiro atoms. The van der Waals surface area contributed by atoms with Crippen molar-refractivity contribution in [1.29, 1.82) is 0 Å². The molecule has 216 valence electrons. The second kappa shape index (κ2) is 15.0. The van der Waals surface area contributed by atoms with Gasteiger partial charge in [0.05, 0.1) is 19.3 Å². The summed E-state index contributed by atoms with van der Waals surface area (Å²) in [6.07, 6.45) is 11.2. The van der Waals surface area contributed by atoms with Gasteiger partial charge in [-0.25, -0.2) is 8.78 Å². The number of ether oxygens (including phenoxy) is 3. The lowest BCUT2D eigenvalue weighted by Crippen LogP contribution is -2.22. The van der Waals surface area contributed by atoms with Gasteiger partial charge < -0.3 is 14.2 Å². The Balaban J connectivity index is 1.24. The van der Waals surface area contributed by atoms with E-state index in [-0.39, 0.29) is 35.4 Å². The summed E-state index contributed by atoms with van der Waals surface area (Å²) in [6.45, 7) is 5.96. The van der Waals surface area contributed by atoms with E-state index in [1.807, 2.05) is 12.1 Å². The summed E-state index contributed by atoms with van der Waals surface area (Å²) in [4.78, 5) is 0. The normalized spacial score (nSPS) is 23.5. The van der Waals surface area contributed by atoms with Gasteiger partial charge in [-0.1, -0.05) is 38.8 Å². The van der Waals surface area contributed by atoms with E-state index in [0.29, 0.717) is 24.5 Å². The number of rotatable bonds is 13. The zero-order chi connectivity index (χ0) is 27.6. The van der Waals surface area contributed by atoms with E-state index >= 15 is 4.39 Å². The Hall–Kier alpha value is -2.21. The van der Waals surface area contributed by atoms with Crippen molar-refractivity contribution in [3.8, 4) is 11.5 Å². The molecule has 0 bridgehead atoms. The van der Waals surface area contributed by atoms with Crippen molar-refractivity contribution in [3.63, 3.8) is 0 Å². The average Bonchev–Trinajstić information content (AvgIpc) is 2.95. The number of benzene rings is 2. The molecule has 4 rings (SSSR count). The monoisotopic (exact) mass is 546 g/mol. The Morgan fingerprint density at radius 1 is 0.692 bits per heavy atom. The van der Waals surface area contributed by atoms with Gasteiger partial charge in [0.25, 0.3) is 0 Å². The molecule has 0 unspecified atom stereocenters. The molecule has 2 aromatic rings. The summed E-state index contributed by atoms with van der Waals surface area (Å²) >= 11 is 0. The van der Waals surface area contributed by atoms with Gasteiger partial charge >= 0.3 is 0 Å². The van der Waals surface area contributed by atoms with Crippen molar-refractivity contribution in [2.24, 2.45) is 5.92 Å². The molecule has 2 aliphatic rings. The van der Waals surface area contributed by atoms with Crippen LogP contribution in [0.2, 0.25) is 0 Å². The van der Waals surface area contributed by atoms with Crippen LogP contribution >= 0.6 is 0 Å². The Morgan fingerprint density at radius 3 is 2.03 bits per heavy atom. The lowest BCUT2D eigenvalue weighted by Gasteiger charge is -2.30. The molecule has 2 aliphatic carbocycles. The van der Waals surface area contributed by atoms with Crippen molar-refractivity contribution in [1.82, 2.24) is 0 Å². The van der Waals surface area contributed by atoms with Gasteiger partial charge in [-0.05, 0) is 105 Å². The van der Waals surface area contributed by atoms with Crippen LogP contribution in [0, 0.1) is 23.4 Å². The summed E-state index contributed by atoms with van der Waals surface area (Å²) < 4.78 is 62.0. The second-order valence-electron chi connectivity index (χ2n) is 11.4. The summed E-state index contributed by atoms with van der Waals surface area (Å²) in [5.74, 6) is -0.880. The van der Waals surface area contributed by atoms with E-state index in [4.69, 9.17) is 14.2 Å². The molecule has 6 heteroatoms. The van der Waals surface area contributed by atoms with Gasteiger partial charge in [0.2, 0.25) is 5.82 Å². The quantitative estimate of drug-likeness (QED) is 0.234. The Kier molecular flexibility index (Phi) is 11.4. The fourth-order valence-corrected chi connectivity index (χ4v) is 6.02. The summed E-state index contributed by atoms with van der Waals surface area (Å²) in [7, 11) is 0. The second-order valence-corrected chi connectivity index (χ2v) is 11.4. The van der Waals surface area contributed by atoms with E-state index < -0.39 is 11.6 Å². The number of unbranched alkanes of at least 4 members (excludes halogenated alkanes) is 2. The highest BCUT2D eigenvalue weighted by Crippen LogP contribution is 2.40. The average molecular weight is 547 g/mol. The van der Waals surface area contributed by atoms with Gasteiger partial charge in [0.1, 0.15) is 11.6 Å². The van der Waals surface area contributed by atoms with Gasteiger partial charge in [0, 0.05) is 12.7 Å². The summed E-state index contributed by atoms with van der Waals surface area (Å²) in [6, 6.07) is 8.49. The maximum atomic E-state index is 15.0. The minimum absolute atomic E-state index is 0.0142. The summed E-state index contributed by atoms with van der Waals surface area (Å²) in [5, 5.41) is 0. The first-order chi connectivity index (χ1) is 19.0. The summed E-state index contributed by atoms with van der Waals surface area (Å²) in [5.41, 5.74) is 1.19. The van der Waals surface area contributed by atoms with Crippen LogP contribution in [0.5, 0.6) is 11.5 Å². The molecule has 2 fully saturated rings. The molecule has 0 heterocycles. The smallest absolute Gasteiger partial charge is 0.200 e. The first-order valence-electron chi connectivity index (χ1n) is 15.1. The highest BCUT2D eigenvalue weighted by Gasteiger charge is 2.28. The number of hydrogen-bond donors (Lipinski definition) is 0. The van der Waals surface area contributed by atoms with E-state index in [9.17, 15) is 8.78 Å². The molecule has 0 aromatic heterocycles. The maximum Gasteiger partial charge on any atom is 0.200 e. The van der Waals surface area contributed by atoms with Crippen LogP contribution in [0.15, 0.2) is 30.3 Å². The molecule has 39 heavy (non-hydrogen) atoms. The van der Waals surface area contributed by atoms with Crippen LogP contribution in [-0.4, -0.2) is 25.9 Å². The lowest BCUT2D eigenvalue weighted by molar-refractivity contribution is 0.0230. The molecule has 2 saturated carbocycles. The minimum Gasteiger partial charge on any atom is -0.493 e. The van der Waals surface area contributed by atoms with Crippen LogP contribution in [0.3, 0.4) is 0 Å². The molecule has 3 nitrogen and oxygen atoms in total. The highest BCUT2D eigenvalue weighted by atomic mass is 19.2. The molecule has 0 radical (unpaired) electrons. The van der Waals surface area contributed by atoms with Crippen LogP contribution in [-0.2, 0) is 4.74 Å². The van der Waals surface area contributed by atoms with E-state index in [0.717, 1.165) is 89.2 Å². The predicted molar refractivity (Wildman–Crippen MR) is 149 cm³/mol. The van der Waals surface area contributed by atoms with Crippen LogP contribution in [0.1, 0.15) is 114 Å². The lowest BCUT2D eigenvalue weighted by atomic mass is 9.79. The van der Waals surface area contributed by atoms with Crippen molar-refractivity contribution in [2.45, 2.75) is 109 Å². The largest absolute Gasteiger partial charge is 0.493 e. The van der Waals surface area contributed by atoms with Gasteiger partial charge in [0.15, 0.2) is 11.6 Å². The van der Waals surface area contributed by atoms with Crippen molar-refractivity contribution < 1.29 is 27.4 Å². The third kappa shape index (κ3) is 8.15. The van der Waals surface area contributed by atoms with Crippen molar-refractivity contribution in [3.05, 3.63) is 58.9 Å². The highest BCUT2D eigenvalue weighted by molar-refractivity contribution is 5.34. The van der Waals surface area contributed by atoms with E-state index in [2.05, 4.69) is 13.8 Å². The van der Waals surface area contributed by atoms with Gasteiger partial charge in [-0.15, -0.1) is 0 Å².